The molecule has 0 aliphatic carbocycles. The average Bonchev–Trinajstić information content (AvgIpc) is 2.98. The van der Waals surface area contributed by atoms with Crippen molar-refractivity contribution in [3.05, 3.63) is 40.4 Å². The molecule has 0 atom stereocenters. The number of aryl methyl sites for hydroxylation is 3. The van der Waals surface area contributed by atoms with Crippen molar-refractivity contribution in [3.63, 3.8) is 0 Å². The van der Waals surface area contributed by atoms with E-state index >= 15 is 0 Å². The van der Waals surface area contributed by atoms with Gasteiger partial charge in [0.15, 0.2) is 4.96 Å². The smallest absolute Gasteiger partial charge is 0.194 e. The fourth-order valence-electron chi connectivity index (χ4n) is 2.21. The summed E-state index contributed by atoms with van der Waals surface area (Å²) in [6.45, 7) is 5.80. The molecule has 0 radical (unpaired) electrons. The van der Waals surface area contributed by atoms with Gasteiger partial charge in [-0.1, -0.05) is 0 Å². The number of aromatic nitrogens is 4. The minimum atomic E-state index is 0.812. The molecular formula is C13H17N5S. The normalized spacial score (nSPS) is 11.5. The van der Waals surface area contributed by atoms with Crippen LogP contribution in [0.15, 0.2) is 18.5 Å². The van der Waals surface area contributed by atoms with Gasteiger partial charge in [0.25, 0.3) is 0 Å². The zero-order valence-corrected chi connectivity index (χ0v) is 12.2. The molecule has 0 amide bonds. The number of nitrogens with one attached hydrogen (secondary N) is 1. The van der Waals surface area contributed by atoms with Crippen molar-refractivity contribution in [3.8, 4) is 0 Å². The predicted octanol–water partition coefficient (Wildman–Crippen LogP) is 2.04. The molecule has 0 aromatic carbocycles. The Morgan fingerprint density at radius 3 is 2.89 bits per heavy atom. The van der Waals surface area contributed by atoms with Crippen LogP contribution in [-0.2, 0) is 20.1 Å². The van der Waals surface area contributed by atoms with Crippen molar-refractivity contribution in [2.45, 2.75) is 26.9 Å². The quantitative estimate of drug-likeness (QED) is 0.792. The van der Waals surface area contributed by atoms with Crippen molar-refractivity contribution in [2.75, 3.05) is 0 Å². The molecule has 0 saturated heterocycles. The first-order valence-electron chi connectivity index (χ1n) is 6.26. The van der Waals surface area contributed by atoms with Gasteiger partial charge in [-0.25, -0.2) is 4.98 Å². The third-order valence-electron chi connectivity index (χ3n) is 3.26. The lowest BCUT2D eigenvalue weighted by Gasteiger charge is -2.05. The van der Waals surface area contributed by atoms with E-state index in [1.54, 1.807) is 11.3 Å². The Labute approximate surface area is 115 Å². The van der Waals surface area contributed by atoms with Crippen LogP contribution < -0.4 is 5.32 Å². The lowest BCUT2D eigenvalue weighted by Crippen LogP contribution is -2.16. The summed E-state index contributed by atoms with van der Waals surface area (Å²) < 4.78 is 4.08. The van der Waals surface area contributed by atoms with E-state index in [1.165, 1.54) is 16.3 Å². The molecule has 3 aromatic heterocycles. The summed E-state index contributed by atoms with van der Waals surface area (Å²) in [5, 5.41) is 7.62. The largest absolute Gasteiger partial charge is 0.306 e. The highest BCUT2D eigenvalue weighted by Gasteiger charge is 2.10. The number of fused-ring (bicyclic) bond motifs is 1. The highest BCUT2D eigenvalue weighted by molar-refractivity contribution is 7.17. The van der Waals surface area contributed by atoms with Gasteiger partial charge in [-0.3, -0.25) is 9.08 Å². The molecule has 3 rings (SSSR count). The maximum atomic E-state index is 4.59. The summed E-state index contributed by atoms with van der Waals surface area (Å²) in [7, 11) is 1.96. The molecule has 0 spiro atoms. The lowest BCUT2D eigenvalue weighted by atomic mass is 10.3. The van der Waals surface area contributed by atoms with Crippen LogP contribution in [0.1, 0.15) is 22.0 Å². The first-order chi connectivity index (χ1) is 9.15. The zero-order chi connectivity index (χ0) is 13.4. The number of nitrogens with zero attached hydrogens (tertiary/aromatic N) is 4. The highest BCUT2D eigenvalue weighted by Crippen LogP contribution is 2.20. The third-order valence-corrected chi connectivity index (χ3v) is 4.16. The van der Waals surface area contributed by atoms with E-state index in [0.29, 0.717) is 0 Å². The fourth-order valence-corrected chi connectivity index (χ4v) is 3.10. The van der Waals surface area contributed by atoms with Crippen molar-refractivity contribution in [2.24, 2.45) is 7.05 Å². The van der Waals surface area contributed by atoms with Crippen LogP contribution in [0, 0.1) is 13.8 Å². The van der Waals surface area contributed by atoms with Gasteiger partial charge in [-0.05, 0) is 19.9 Å². The predicted molar refractivity (Wildman–Crippen MR) is 76.3 cm³/mol. The SMILES string of the molecule is Cc1cn2c(CNCc3ccnn3C)c(C)nc2s1. The summed E-state index contributed by atoms with van der Waals surface area (Å²) in [6.07, 6.45) is 3.97. The molecule has 0 fully saturated rings. The van der Waals surface area contributed by atoms with Crippen LogP contribution in [0.4, 0.5) is 0 Å². The number of rotatable bonds is 4. The molecule has 0 aliphatic rings. The van der Waals surface area contributed by atoms with Gasteiger partial charge in [-0.15, -0.1) is 11.3 Å². The minimum Gasteiger partial charge on any atom is -0.306 e. The average molecular weight is 275 g/mol. The Morgan fingerprint density at radius 2 is 2.16 bits per heavy atom. The lowest BCUT2D eigenvalue weighted by molar-refractivity contribution is 0.616. The number of imidazole rings is 1. The second kappa shape index (κ2) is 4.79. The van der Waals surface area contributed by atoms with Gasteiger partial charge in [0.1, 0.15) is 0 Å². The molecule has 1 N–H and O–H groups in total. The van der Waals surface area contributed by atoms with Crippen LogP contribution in [0.2, 0.25) is 0 Å². The Hall–Kier alpha value is -1.66. The van der Waals surface area contributed by atoms with Gasteiger partial charge < -0.3 is 5.32 Å². The maximum absolute atomic E-state index is 4.59. The molecule has 3 aromatic rings. The van der Waals surface area contributed by atoms with Gasteiger partial charge in [0.2, 0.25) is 0 Å². The molecule has 6 heteroatoms. The summed E-state index contributed by atoms with van der Waals surface area (Å²) in [5.74, 6) is 0. The Balaban J connectivity index is 1.74. The van der Waals surface area contributed by atoms with E-state index in [1.807, 2.05) is 24.0 Å². The molecule has 5 nitrogen and oxygen atoms in total. The molecular weight excluding hydrogens is 258 g/mol. The second-order valence-corrected chi connectivity index (χ2v) is 5.90. The molecule has 0 unspecified atom stereocenters. The zero-order valence-electron chi connectivity index (χ0n) is 11.3. The standard InChI is InChI=1S/C13H17N5S/c1-9-8-18-12(10(2)16-13(18)19-9)7-14-6-11-4-5-15-17(11)3/h4-5,8,14H,6-7H2,1-3H3. The Kier molecular flexibility index (Phi) is 3.12. The molecule has 0 aliphatic heterocycles. The first kappa shape index (κ1) is 12.4. The van der Waals surface area contributed by atoms with Gasteiger partial charge in [-0.2, -0.15) is 5.10 Å². The molecule has 19 heavy (non-hydrogen) atoms. The van der Waals surface area contributed by atoms with Crippen LogP contribution in [0.5, 0.6) is 0 Å². The molecule has 3 heterocycles. The van der Waals surface area contributed by atoms with E-state index in [-0.39, 0.29) is 0 Å². The minimum absolute atomic E-state index is 0.812. The van der Waals surface area contributed by atoms with Gasteiger partial charge in [0, 0.05) is 37.4 Å². The van der Waals surface area contributed by atoms with Crippen molar-refractivity contribution >= 4 is 16.3 Å². The Morgan fingerprint density at radius 1 is 1.32 bits per heavy atom. The molecule has 0 bridgehead atoms. The van der Waals surface area contributed by atoms with Crippen molar-refractivity contribution < 1.29 is 0 Å². The van der Waals surface area contributed by atoms with Gasteiger partial charge >= 0.3 is 0 Å². The first-order valence-corrected chi connectivity index (χ1v) is 7.08. The number of hydrogen-bond donors (Lipinski definition) is 1. The van der Waals surface area contributed by atoms with E-state index in [2.05, 4.69) is 39.8 Å². The molecule has 0 saturated carbocycles. The topological polar surface area (TPSA) is 47.1 Å². The summed E-state index contributed by atoms with van der Waals surface area (Å²) >= 11 is 1.73. The van der Waals surface area contributed by atoms with Crippen LogP contribution in [0.3, 0.4) is 0 Å². The third kappa shape index (κ3) is 2.29. The summed E-state index contributed by atoms with van der Waals surface area (Å²) in [6, 6.07) is 2.03. The number of hydrogen-bond acceptors (Lipinski definition) is 4. The summed E-state index contributed by atoms with van der Waals surface area (Å²) in [4.78, 5) is 6.95. The second-order valence-electron chi connectivity index (χ2n) is 4.69. The van der Waals surface area contributed by atoms with Crippen molar-refractivity contribution in [1.82, 2.24) is 24.5 Å². The van der Waals surface area contributed by atoms with E-state index in [0.717, 1.165) is 23.7 Å². The maximum Gasteiger partial charge on any atom is 0.194 e. The Bertz CT molecular complexity index is 706. The summed E-state index contributed by atoms with van der Waals surface area (Å²) in [5.41, 5.74) is 3.52. The van der Waals surface area contributed by atoms with Crippen LogP contribution in [0.25, 0.3) is 4.96 Å². The monoisotopic (exact) mass is 275 g/mol. The van der Waals surface area contributed by atoms with E-state index in [9.17, 15) is 0 Å². The van der Waals surface area contributed by atoms with E-state index in [4.69, 9.17) is 0 Å². The van der Waals surface area contributed by atoms with Crippen LogP contribution >= 0.6 is 11.3 Å². The van der Waals surface area contributed by atoms with Crippen LogP contribution in [-0.4, -0.2) is 19.2 Å². The van der Waals surface area contributed by atoms with Gasteiger partial charge in [0.05, 0.1) is 17.1 Å². The van der Waals surface area contributed by atoms with E-state index < -0.39 is 0 Å². The fraction of sp³-hybridized carbons (Fsp3) is 0.385. The highest BCUT2D eigenvalue weighted by atomic mass is 32.1. The molecule has 100 valence electrons. The number of thiazole rings is 1. The van der Waals surface area contributed by atoms with Crippen molar-refractivity contribution in [1.29, 1.82) is 0 Å².